The number of carbonyl (C=O) groups excluding carboxylic acids is 1. The topological polar surface area (TPSA) is 69.0 Å². The largest absolute Gasteiger partial charge is 0.483 e. The van der Waals surface area contributed by atoms with Crippen LogP contribution in [-0.2, 0) is 23.2 Å². The molecule has 2 aromatic carbocycles. The Labute approximate surface area is 206 Å². The fourth-order valence-corrected chi connectivity index (χ4v) is 4.20. The van der Waals surface area contributed by atoms with E-state index in [0.29, 0.717) is 17.5 Å². The Morgan fingerprint density at radius 1 is 1.15 bits per heavy atom. The van der Waals surface area contributed by atoms with E-state index in [1.165, 1.54) is 22.9 Å². The van der Waals surface area contributed by atoms with E-state index < -0.39 is 0 Å². The quantitative estimate of drug-likeness (QED) is 0.278. The van der Waals surface area contributed by atoms with Crippen molar-refractivity contribution in [2.24, 2.45) is 0 Å². The van der Waals surface area contributed by atoms with Crippen molar-refractivity contribution in [1.82, 2.24) is 14.8 Å². The molecule has 6 nitrogen and oxygen atoms in total. The minimum atomic E-state index is -0.312. The highest BCUT2D eigenvalue weighted by Gasteiger charge is 2.20. The summed E-state index contributed by atoms with van der Waals surface area (Å²) in [6.45, 7) is 15.0. The van der Waals surface area contributed by atoms with Gasteiger partial charge in [-0.25, -0.2) is 0 Å². The van der Waals surface area contributed by atoms with E-state index in [-0.39, 0.29) is 23.2 Å². The van der Waals surface area contributed by atoms with Crippen molar-refractivity contribution in [2.75, 3.05) is 11.1 Å². The van der Waals surface area contributed by atoms with Crippen LogP contribution in [0.3, 0.4) is 0 Å². The average Bonchev–Trinajstić information content (AvgIpc) is 3.21. The number of hydrogen-bond acceptors (Lipinski definition) is 5. The summed E-state index contributed by atoms with van der Waals surface area (Å²) >= 11 is 1.35. The monoisotopic (exact) mass is 478 g/mol. The van der Waals surface area contributed by atoms with E-state index in [9.17, 15) is 4.79 Å². The lowest BCUT2D eigenvalue weighted by atomic mass is 9.87. The van der Waals surface area contributed by atoms with Crippen molar-refractivity contribution in [3.63, 3.8) is 0 Å². The first-order valence-corrected chi connectivity index (χ1v) is 12.5. The molecule has 1 N–H and O–H groups in total. The number of allylic oxidation sites excluding steroid dienone is 1. The lowest BCUT2D eigenvalue weighted by Crippen LogP contribution is -2.15. The number of hydrogen-bond donors (Lipinski definition) is 1. The van der Waals surface area contributed by atoms with E-state index in [4.69, 9.17) is 4.74 Å². The molecular weight excluding hydrogens is 444 g/mol. The molecule has 0 saturated heterocycles. The Balaban J connectivity index is 1.64. The number of rotatable bonds is 10. The zero-order valence-corrected chi connectivity index (χ0v) is 21.5. The molecule has 180 valence electrons. The molecule has 1 atom stereocenters. The molecule has 1 unspecified atom stereocenters. The van der Waals surface area contributed by atoms with Crippen molar-refractivity contribution in [2.45, 2.75) is 64.3 Å². The second kappa shape index (κ2) is 11.4. The predicted octanol–water partition coefficient (Wildman–Crippen LogP) is 6.19. The van der Waals surface area contributed by atoms with Gasteiger partial charge in [0.25, 0.3) is 0 Å². The number of thioether (sulfide) groups is 1. The summed E-state index contributed by atoms with van der Waals surface area (Å²) in [5.74, 6) is 1.61. The van der Waals surface area contributed by atoms with Gasteiger partial charge in [-0.15, -0.1) is 16.8 Å². The van der Waals surface area contributed by atoms with Gasteiger partial charge in [0.1, 0.15) is 5.75 Å². The summed E-state index contributed by atoms with van der Waals surface area (Å²) in [6.07, 6.45) is 2.44. The number of amides is 1. The van der Waals surface area contributed by atoms with E-state index in [1.807, 2.05) is 47.9 Å². The molecule has 3 aromatic rings. The van der Waals surface area contributed by atoms with Gasteiger partial charge in [0.2, 0.25) is 5.91 Å². The van der Waals surface area contributed by atoms with Crippen LogP contribution >= 0.6 is 11.8 Å². The molecule has 1 heterocycles. The number of anilines is 1. The second-order valence-electron chi connectivity index (χ2n) is 9.16. The summed E-state index contributed by atoms with van der Waals surface area (Å²) in [4.78, 5) is 12.5. The molecule has 7 heteroatoms. The van der Waals surface area contributed by atoms with Crippen LogP contribution in [0, 0.1) is 0 Å². The zero-order valence-electron chi connectivity index (χ0n) is 20.7. The van der Waals surface area contributed by atoms with Crippen molar-refractivity contribution < 1.29 is 9.53 Å². The lowest BCUT2D eigenvalue weighted by molar-refractivity contribution is -0.113. The van der Waals surface area contributed by atoms with Gasteiger partial charge < -0.3 is 10.1 Å². The molecule has 0 fully saturated rings. The molecular formula is C27H34N4O2S. The van der Waals surface area contributed by atoms with Crippen molar-refractivity contribution in [3.8, 4) is 5.75 Å². The molecule has 0 aliphatic heterocycles. The third kappa shape index (κ3) is 6.73. The third-order valence-electron chi connectivity index (χ3n) is 5.43. The number of ether oxygens (including phenoxy) is 1. The standard InChI is InChI=1S/C27H34N4O2S/c1-7-17-31-25(19(3)33-23-15-11-21(12-16-23)27(4,5)6)29-30-26(31)34-18-24(32)28-22-13-9-20(8-2)10-14-22/h7,9-16,19H,1,8,17-18H2,2-6H3,(H,28,32). The highest BCUT2D eigenvalue weighted by Crippen LogP contribution is 2.28. The van der Waals surface area contributed by atoms with E-state index in [1.54, 1.807) is 6.08 Å². The van der Waals surface area contributed by atoms with Gasteiger partial charge >= 0.3 is 0 Å². The molecule has 1 amide bonds. The molecule has 3 rings (SSSR count). The van der Waals surface area contributed by atoms with E-state index in [0.717, 1.165) is 17.9 Å². The van der Waals surface area contributed by atoms with Crippen LogP contribution in [0.5, 0.6) is 5.75 Å². The minimum Gasteiger partial charge on any atom is -0.483 e. The maximum absolute atomic E-state index is 12.5. The summed E-state index contributed by atoms with van der Waals surface area (Å²) in [7, 11) is 0. The van der Waals surface area contributed by atoms with Crippen molar-refractivity contribution in [1.29, 1.82) is 0 Å². The number of nitrogens with one attached hydrogen (secondary N) is 1. The minimum absolute atomic E-state index is 0.0889. The maximum atomic E-state index is 12.5. The highest BCUT2D eigenvalue weighted by atomic mass is 32.2. The van der Waals surface area contributed by atoms with Gasteiger partial charge in [-0.3, -0.25) is 9.36 Å². The van der Waals surface area contributed by atoms with E-state index in [2.05, 4.69) is 61.9 Å². The Bertz CT molecular complexity index is 1100. The summed E-state index contributed by atoms with van der Waals surface area (Å²) in [5.41, 5.74) is 3.36. The Kier molecular flexibility index (Phi) is 8.56. The molecule has 0 radical (unpaired) electrons. The fraction of sp³-hybridized carbons (Fsp3) is 0.370. The average molecular weight is 479 g/mol. The summed E-state index contributed by atoms with van der Waals surface area (Å²) in [5, 5.41) is 12.3. The van der Waals surface area contributed by atoms with Gasteiger partial charge in [-0.05, 0) is 54.2 Å². The molecule has 34 heavy (non-hydrogen) atoms. The smallest absolute Gasteiger partial charge is 0.234 e. The number of aromatic nitrogens is 3. The van der Waals surface area contributed by atoms with Gasteiger partial charge in [0.15, 0.2) is 17.1 Å². The van der Waals surface area contributed by atoms with Crippen LogP contribution in [0.4, 0.5) is 5.69 Å². The van der Waals surface area contributed by atoms with Crippen LogP contribution in [0.2, 0.25) is 0 Å². The Hall–Kier alpha value is -3.06. The normalized spacial score (nSPS) is 12.3. The van der Waals surface area contributed by atoms with Crippen LogP contribution in [0.1, 0.15) is 57.7 Å². The summed E-state index contributed by atoms with van der Waals surface area (Å²) in [6, 6.07) is 16.0. The van der Waals surface area contributed by atoms with Crippen LogP contribution in [-0.4, -0.2) is 26.4 Å². The first-order chi connectivity index (χ1) is 16.2. The van der Waals surface area contributed by atoms with Gasteiger partial charge in [-0.2, -0.15) is 0 Å². The Morgan fingerprint density at radius 3 is 2.41 bits per heavy atom. The SMILES string of the molecule is C=CCn1c(SCC(=O)Nc2ccc(CC)cc2)nnc1C(C)Oc1ccc(C(C)(C)C)cc1. The van der Waals surface area contributed by atoms with Crippen molar-refractivity contribution in [3.05, 3.63) is 78.1 Å². The fourth-order valence-electron chi connectivity index (χ4n) is 3.45. The van der Waals surface area contributed by atoms with Crippen LogP contribution in [0.15, 0.2) is 66.3 Å². The summed E-state index contributed by atoms with van der Waals surface area (Å²) < 4.78 is 8.09. The highest BCUT2D eigenvalue weighted by molar-refractivity contribution is 7.99. The van der Waals surface area contributed by atoms with E-state index >= 15 is 0 Å². The molecule has 0 aliphatic carbocycles. The van der Waals surface area contributed by atoms with Gasteiger partial charge in [0, 0.05) is 12.2 Å². The van der Waals surface area contributed by atoms with Gasteiger partial charge in [-0.1, -0.05) is 69.8 Å². The molecule has 1 aromatic heterocycles. The number of benzene rings is 2. The third-order valence-corrected chi connectivity index (χ3v) is 6.40. The number of nitrogens with zero attached hydrogens (tertiary/aromatic N) is 3. The van der Waals surface area contributed by atoms with Gasteiger partial charge in [0.05, 0.1) is 5.75 Å². The number of aryl methyl sites for hydroxylation is 1. The zero-order chi connectivity index (χ0) is 24.7. The number of carbonyl (C=O) groups is 1. The Morgan fingerprint density at radius 2 is 1.82 bits per heavy atom. The molecule has 0 aliphatic rings. The van der Waals surface area contributed by atoms with Crippen LogP contribution < -0.4 is 10.1 Å². The molecule has 0 spiro atoms. The molecule has 0 saturated carbocycles. The lowest BCUT2D eigenvalue weighted by Gasteiger charge is -2.20. The first-order valence-electron chi connectivity index (χ1n) is 11.5. The molecule has 0 bridgehead atoms. The van der Waals surface area contributed by atoms with Crippen LogP contribution in [0.25, 0.3) is 0 Å². The predicted molar refractivity (Wildman–Crippen MR) is 140 cm³/mol. The second-order valence-corrected chi connectivity index (χ2v) is 10.1. The maximum Gasteiger partial charge on any atom is 0.234 e. The van der Waals surface area contributed by atoms with Crippen molar-refractivity contribution >= 4 is 23.4 Å². The first kappa shape index (κ1) is 25.6.